The lowest BCUT2D eigenvalue weighted by molar-refractivity contribution is -0.134. The van der Waals surface area contributed by atoms with E-state index in [-0.39, 0.29) is 13.1 Å². The number of urea groups is 1. The van der Waals surface area contributed by atoms with Gasteiger partial charge in [0.1, 0.15) is 12.1 Å². The molecule has 114 valence electrons. The smallest absolute Gasteiger partial charge is 0.325 e. The highest BCUT2D eigenvalue weighted by molar-refractivity contribution is 6.08. The van der Waals surface area contributed by atoms with Crippen LogP contribution in [0.4, 0.5) is 4.79 Å². The topological polar surface area (TPSA) is 98.7 Å². The number of nitrogens with zero attached hydrogens (tertiary/aromatic N) is 1. The largest absolute Gasteiger partial charge is 0.388 e. The molecule has 20 heavy (non-hydrogen) atoms. The van der Waals surface area contributed by atoms with Gasteiger partial charge in [0.25, 0.3) is 5.91 Å². The van der Waals surface area contributed by atoms with Crippen molar-refractivity contribution in [2.75, 3.05) is 13.1 Å². The molecule has 1 saturated heterocycles. The Balaban J connectivity index is 2.56. The maximum atomic E-state index is 11.9. The van der Waals surface area contributed by atoms with Gasteiger partial charge in [-0.2, -0.15) is 0 Å². The second-order valence-electron chi connectivity index (χ2n) is 5.65. The molecule has 0 saturated carbocycles. The third-order valence-corrected chi connectivity index (χ3v) is 3.68. The molecule has 3 N–H and O–H groups in total. The molecule has 0 atom stereocenters. The molecule has 7 heteroatoms. The standard InChI is InChI=1S/C13H23N3O4/c1-5-13(20,6-2)8-14-9(17)7-16-10(18)12(3,4)15-11(16)19/h20H,5-8H2,1-4H3,(H,14,17)(H,15,19). The average Bonchev–Trinajstić information content (AvgIpc) is 2.58. The number of imide groups is 1. The van der Waals surface area contributed by atoms with Gasteiger partial charge < -0.3 is 15.7 Å². The molecule has 1 heterocycles. The Labute approximate surface area is 118 Å². The summed E-state index contributed by atoms with van der Waals surface area (Å²) in [7, 11) is 0. The Morgan fingerprint density at radius 2 is 1.90 bits per heavy atom. The Morgan fingerprint density at radius 3 is 2.30 bits per heavy atom. The van der Waals surface area contributed by atoms with E-state index >= 15 is 0 Å². The molecule has 0 aliphatic carbocycles. The number of amides is 4. The highest BCUT2D eigenvalue weighted by Gasteiger charge is 2.44. The van der Waals surface area contributed by atoms with Crippen molar-refractivity contribution in [2.45, 2.75) is 51.7 Å². The van der Waals surface area contributed by atoms with Crippen LogP contribution in [0, 0.1) is 0 Å². The van der Waals surface area contributed by atoms with E-state index in [1.165, 1.54) is 0 Å². The molecule has 0 aromatic heterocycles. The molecule has 0 spiro atoms. The zero-order valence-corrected chi connectivity index (χ0v) is 12.4. The molecule has 0 aromatic carbocycles. The predicted octanol–water partition coefficient (Wildman–Crippen LogP) is -0.0159. The molecule has 1 rings (SSSR count). The monoisotopic (exact) mass is 285 g/mol. The number of nitrogens with one attached hydrogen (secondary N) is 2. The van der Waals surface area contributed by atoms with Crippen molar-refractivity contribution in [1.82, 2.24) is 15.5 Å². The lowest BCUT2D eigenvalue weighted by Gasteiger charge is -2.25. The van der Waals surface area contributed by atoms with Crippen LogP contribution in [0.5, 0.6) is 0 Å². The second kappa shape index (κ2) is 5.78. The van der Waals surface area contributed by atoms with Gasteiger partial charge >= 0.3 is 6.03 Å². The fourth-order valence-corrected chi connectivity index (χ4v) is 1.92. The Bertz CT molecular complexity index is 416. The average molecular weight is 285 g/mol. The summed E-state index contributed by atoms with van der Waals surface area (Å²) in [6.45, 7) is 6.59. The van der Waals surface area contributed by atoms with Gasteiger partial charge in [-0.3, -0.25) is 14.5 Å². The van der Waals surface area contributed by atoms with Gasteiger partial charge in [-0.15, -0.1) is 0 Å². The molecule has 1 fully saturated rings. The van der Waals surface area contributed by atoms with Gasteiger partial charge in [-0.05, 0) is 26.7 Å². The van der Waals surface area contributed by atoms with Crippen LogP contribution in [0.25, 0.3) is 0 Å². The van der Waals surface area contributed by atoms with Crippen LogP contribution in [-0.4, -0.2) is 52.1 Å². The van der Waals surface area contributed by atoms with E-state index in [1.807, 2.05) is 13.8 Å². The van der Waals surface area contributed by atoms with E-state index in [4.69, 9.17) is 0 Å². The molecule has 4 amide bonds. The quantitative estimate of drug-likeness (QED) is 0.597. The van der Waals surface area contributed by atoms with Gasteiger partial charge in [0, 0.05) is 6.54 Å². The van der Waals surface area contributed by atoms with Crippen LogP contribution in [0.1, 0.15) is 40.5 Å². The number of aliphatic hydroxyl groups is 1. The van der Waals surface area contributed by atoms with Crippen molar-refractivity contribution in [2.24, 2.45) is 0 Å². The van der Waals surface area contributed by atoms with Crippen LogP contribution in [0.15, 0.2) is 0 Å². The van der Waals surface area contributed by atoms with E-state index in [0.29, 0.717) is 12.8 Å². The predicted molar refractivity (Wildman–Crippen MR) is 72.9 cm³/mol. The van der Waals surface area contributed by atoms with Crippen molar-refractivity contribution >= 4 is 17.8 Å². The molecule has 0 aromatic rings. The van der Waals surface area contributed by atoms with Gasteiger partial charge in [0.05, 0.1) is 5.60 Å². The molecule has 1 aliphatic heterocycles. The zero-order chi connectivity index (χ0) is 15.6. The van der Waals surface area contributed by atoms with E-state index in [0.717, 1.165) is 4.90 Å². The molecular formula is C13H23N3O4. The second-order valence-corrected chi connectivity index (χ2v) is 5.65. The van der Waals surface area contributed by atoms with Crippen molar-refractivity contribution in [3.8, 4) is 0 Å². The normalized spacial score (nSPS) is 18.1. The summed E-state index contributed by atoms with van der Waals surface area (Å²) in [6, 6.07) is -0.573. The first-order chi connectivity index (χ1) is 9.15. The van der Waals surface area contributed by atoms with Gasteiger partial charge in [0.2, 0.25) is 5.91 Å². The first-order valence-electron chi connectivity index (χ1n) is 6.78. The van der Waals surface area contributed by atoms with Crippen LogP contribution in [0.2, 0.25) is 0 Å². The minimum Gasteiger partial charge on any atom is -0.388 e. The van der Waals surface area contributed by atoms with E-state index in [2.05, 4.69) is 10.6 Å². The first kappa shape index (κ1) is 16.4. The molecule has 0 unspecified atom stereocenters. The summed E-state index contributed by atoms with van der Waals surface area (Å²) in [5.41, 5.74) is -1.93. The van der Waals surface area contributed by atoms with E-state index in [1.54, 1.807) is 13.8 Å². The SMILES string of the molecule is CCC(O)(CC)CNC(=O)CN1C(=O)NC(C)(C)C1=O. The van der Waals surface area contributed by atoms with Gasteiger partial charge in [-0.1, -0.05) is 13.8 Å². The fourth-order valence-electron chi connectivity index (χ4n) is 1.92. The summed E-state index contributed by atoms with van der Waals surface area (Å²) in [5.74, 6) is -0.898. The number of carbonyl (C=O) groups excluding carboxylic acids is 3. The summed E-state index contributed by atoms with van der Waals surface area (Å²) in [6.07, 6.45) is 1.03. The number of hydrogen-bond acceptors (Lipinski definition) is 4. The first-order valence-corrected chi connectivity index (χ1v) is 6.78. The third-order valence-electron chi connectivity index (χ3n) is 3.68. The Hall–Kier alpha value is -1.63. The lowest BCUT2D eigenvalue weighted by atomic mass is 9.98. The molecule has 0 radical (unpaired) electrons. The van der Waals surface area contributed by atoms with Crippen molar-refractivity contribution in [3.05, 3.63) is 0 Å². The zero-order valence-electron chi connectivity index (χ0n) is 12.4. The number of hydrogen-bond donors (Lipinski definition) is 3. The summed E-state index contributed by atoms with van der Waals surface area (Å²) < 4.78 is 0. The molecule has 0 bridgehead atoms. The van der Waals surface area contributed by atoms with Gasteiger partial charge in [0.15, 0.2) is 0 Å². The van der Waals surface area contributed by atoms with Crippen molar-refractivity contribution in [1.29, 1.82) is 0 Å². The van der Waals surface area contributed by atoms with Gasteiger partial charge in [-0.25, -0.2) is 4.79 Å². The summed E-state index contributed by atoms with van der Waals surface area (Å²) >= 11 is 0. The van der Waals surface area contributed by atoms with Crippen LogP contribution >= 0.6 is 0 Å². The minimum atomic E-state index is -0.981. The maximum absolute atomic E-state index is 11.9. The van der Waals surface area contributed by atoms with Crippen molar-refractivity contribution in [3.63, 3.8) is 0 Å². The number of rotatable bonds is 6. The highest BCUT2D eigenvalue weighted by Crippen LogP contribution is 2.16. The lowest BCUT2D eigenvalue weighted by Crippen LogP contribution is -2.47. The Morgan fingerprint density at radius 1 is 1.35 bits per heavy atom. The molecule has 1 aliphatic rings. The fraction of sp³-hybridized carbons (Fsp3) is 0.769. The molecule has 7 nitrogen and oxygen atoms in total. The summed E-state index contributed by atoms with van der Waals surface area (Å²) in [5, 5.41) is 15.1. The third kappa shape index (κ3) is 3.47. The maximum Gasteiger partial charge on any atom is 0.325 e. The van der Waals surface area contributed by atoms with Crippen LogP contribution in [0.3, 0.4) is 0 Å². The Kier molecular flexibility index (Phi) is 4.75. The molecular weight excluding hydrogens is 262 g/mol. The minimum absolute atomic E-state index is 0.103. The van der Waals surface area contributed by atoms with E-state index in [9.17, 15) is 19.5 Å². The van der Waals surface area contributed by atoms with Crippen LogP contribution < -0.4 is 10.6 Å². The number of carbonyl (C=O) groups is 3. The summed E-state index contributed by atoms with van der Waals surface area (Å²) in [4.78, 5) is 36.2. The van der Waals surface area contributed by atoms with E-state index < -0.39 is 29.0 Å². The van der Waals surface area contributed by atoms with Crippen molar-refractivity contribution < 1.29 is 19.5 Å². The highest BCUT2D eigenvalue weighted by atomic mass is 16.3. The van der Waals surface area contributed by atoms with Crippen LogP contribution in [-0.2, 0) is 9.59 Å².